The highest BCUT2D eigenvalue weighted by molar-refractivity contribution is 7.09. The summed E-state index contributed by atoms with van der Waals surface area (Å²) in [6, 6.07) is 6.88. The van der Waals surface area contributed by atoms with Crippen molar-refractivity contribution in [2.45, 2.75) is 6.54 Å². The van der Waals surface area contributed by atoms with Gasteiger partial charge in [0.15, 0.2) is 0 Å². The smallest absolute Gasteiger partial charge is 0.251 e. The van der Waals surface area contributed by atoms with Gasteiger partial charge >= 0.3 is 0 Å². The number of hydrogen-bond acceptors (Lipinski definition) is 4. The highest BCUT2D eigenvalue weighted by Crippen LogP contribution is 2.07. The quantitative estimate of drug-likeness (QED) is 0.792. The summed E-state index contributed by atoms with van der Waals surface area (Å²) in [5.74, 6) is -0.137. The minimum atomic E-state index is -0.137. The highest BCUT2D eigenvalue weighted by Gasteiger charge is 2.05. The molecule has 5 heteroatoms. The van der Waals surface area contributed by atoms with Gasteiger partial charge in [-0.1, -0.05) is 6.07 Å². The van der Waals surface area contributed by atoms with E-state index in [1.54, 1.807) is 30.5 Å². The molecular weight excluding hydrogens is 222 g/mol. The molecule has 0 saturated heterocycles. The Morgan fingerprint density at radius 3 is 3.06 bits per heavy atom. The van der Waals surface area contributed by atoms with Crippen molar-refractivity contribution >= 4 is 22.9 Å². The summed E-state index contributed by atoms with van der Waals surface area (Å²) in [5, 5.41) is 5.55. The zero-order valence-electron chi connectivity index (χ0n) is 8.51. The third-order valence-electron chi connectivity index (χ3n) is 2.03. The Hall–Kier alpha value is -1.88. The van der Waals surface area contributed by atoms with E-state index in [0.29, 0.717) is 17.8 Å². The summed E-state index contributed by atoms with van der Waals surface area (Å²) in [7, 11) is 0. The van der Waals surface area contributed by atoms with Crippen LogP contribution in [0.5, 0.6) is 0 Å². The molecule has 0 spiro atoms. The number of carbonyl (C=O) groups is 1. The van der Waals surface area contributed by atoms with E-state index in [0.717, 1.165) is 5.01 Å². The fourth-order valence-electron chi connectivity index (χ4n) is 1.28. The monoisotopic (exact) mass is 233 g/mol. The van der Waals surface area contributed by atoms with Crippen LogP contribution in [0.15, 0.2) is 35.8 Å². The van der Waals surface area contributed by atoms with Gasteiger partial charge in [0.05, 0.1) is 6.54 Å². The Kier molecular flexibility index (Phi) is 3.16. The first kappa shape index (κ1) is 10.6. The zero-order valence-corrected chi connectivity index (χ0v) is 9.33. The van der Waals surface area contributed by atoms with Crippen molar-refractivity contribution in [3.63, 3.8) is 0 Å². The van der Waals surface area contributed by atoms with Gasteiger partial charge in [0.2, 0.25) is 0 Å². The van der Waals surface area contributed by atoms with Crippen LogP contribution in [0.3, 0.4) is 0 Å². The fraction of sp³-hybridized carbons (Fsp3) is 0.0909. The minimum absolute atomic E-state index is 0.137. The van der Waals surface area contributed by atoms with E-state index in [-0.39, 0.29) is 5.91 Å². The van der Waals surface area contributed by atoms with Crippen LogP contribution in [0.2, 0.25) is 0 Å². The van der Waals surface area contributed by atoms with Crippen molar-refractivity contribution < 1.29 is 4.79 Å². The molecule has 0 bridgehead atoms. The predicted molar refractivity (Wildman–Crippen MR) is 64.1 cm³/mol. The van der Waals surface area contributed by atoms with E-state index in [4.69, 9.17) is 5.73 Å². The first-order valence-electron chi connectivity index (χ1n) is 4.78. The van der Waals surface area contributed by atoms with Crippen LogP contribution < -0.4 is 11.1 Å². The van der Waals surface area contributed by atoms with Gasteiger partial charge in [0, 0.05) is 22.8 Å². The standard InChI is InChI=1S/C11H11N3OS/c12-9-3-1-2-8(6-9)11(15)14-7-10-13-4-5-16-10/h1-6H,7,12H2,(H,14,15). The van der Waals surface area contributed by atoms with Crippen molar-refractivity contribution in [2.24, 2.45) is 0 Å². The van der Waals surface area contributed by atoms with Crippen LogP contribution in [0, 0.1) is 0 Å². The zero-order chi connectivity index (χ0) is 11.4. The predicted octanol–water partition coefficient (Wildman–Crippen LogP) is 1.66. The molecule has 0 aliphatic carbocycles. The Morgan fingerprint density at radius 2 is 2.38 bits per heavy atom. The van der Waals surface area contributed by atoms with Crippen LogP contribution >= 0.6 is 11.3 Å². The molecule has 4 nitrogen and oxygen atoms in total. The third kappa shape index (κ3) is 2.58. The second-order valence-electron chi connectivity index (χ2n) is 3.23. The summed E-state index contributed by atoms with van der Waals surface area (Å²) < 4.78 is 0. The number of rotatable bonds is 3. The number of aromatic nitrogens is 1. The number of anilines is 1. The lowest BCUT2D eigenvalue weighted by Crippen LogP contribution is -2.22. The molecule has 16 heavy (non-hydrogen) atoms. The molecule has 1 aromatic heterocycles. The van der Waals surface area contributed by atoms with E-state index >= 15 is 0 Å². The molecule has 0 aliphatic heterocycles. The molecule has 1 aromatic carbocycles. The lowest BCUT2D eigenvalue weighted by atomic mass is 10.2. The largest absolute Gasteiger partial charge is 0.399 e. The number of amides is 1. The van der Waals surface area contributed by atoms with Crippen molar-refractivity contribution in [2.75, 3.05) is 5.73 Å². The number of nitrogens with two attached hydrogens (primary N) is 1. The second kappa shape index (κ2) is 4.76. The van der Waals surface area contributed by atoms with E-state index in [9.17, 15) is 4.79 Å². The van der Waals surface area contributed by atoms with Crippen LogP contribution in [0.1, 0.15) is 15.4 Å². The number of benzene rings is 1. The molecule has 0 aliphatic rings. The summed E-state index contributed by atoms with van der Waals surface area (Å²) in [5.41, 5.74) is 6.75. The topological polar surface area (TPSA) is 68.0 Å². The minimum Gasteiger partial charge on any atom is -0.399 e. The van der Waals surface area contributed by atoms with Crippen molar-refractivity contribution in [1.29, 1.82) is 0 Å². The molecule has 1 heterocycles. The summed E-state index contributed by atoms with van der Waals surface area (Å²) in [6.45, 7) is 0.450. The molecule has 0 fully saturated rings. The van der Waals surface area contributed by atoms with E-state index in [1.807, 2.05) is 5.38 Å². The van der Waals surface area contributed by atoms with Gasteiger partial charge in [-0.2, -0.15) is 0 Å². The molecular formula is C11H11N3OS. The maximum absolute atomic E-state index is 11.7. The summed E-state index contributed by atoms with van der Waals surface area (Å²) in [4.78, 5) is 15.8. The molecule has 0 saturated carbocycles. The first-order valence-corrected chi connectivity index (χ1v) is 5.66. The lowest BCUT2D eigenvalue weighted by molar-refractivity contribution is 0.0951. The van der Waals surface area contributed by atoms with Gasteiger partial charge in [0.1, 0.15) is 5.01 Å². The van der Waals surface area contributed by atoms with Crippen molar-refractivity contribution in [3.8, 4) is 0 Å². The van der Waals surface area contributed by atoms with Crippen molar-refractivity contribution in [3.05, 3.63) is 46.4 Å². The summed E-state index contributed by atoms with van der Waals surface area (Å²) >= 11 is 1.51. The van der Waals surface area contributed by atoms with Gasteiger partial charge in [-0.05, 0) is 18.2 Å². The lowest BCUT2D eigenvalue weighted by Gasteiger charge is -2.03. The fourth-order valence-corrected chi connectivity index (χ4v) is 1.83. The Bertz CT molecular complexity index is 482. The Labute approximate surface area is 97.1 Å². The van der Waals surface area contributed by atoms with Gasteiger partial charge in [0.25, 0.3) is 5.91 Å². The molecule has 82 valence electrons. The highest BCUT2D eigenvalue weighted by atomic mass is 32.1. The molecule has 0 unspecified atom stereocenters. The number of thiazole rings is 1. The van der Waals surface area contributed by atoms with Gasteiger partial charge in [-0.15, -0.1) is 11.3 Å². The second-order valence-corrected chi connectivity index (χ2v) is 4.21. The Morgan fingerprint density at radius 1 is 1.50 bits per heavy atom. The average molecular weight is 233 g/mol. The number of nitrogens with one attached hydrogen (secondary N) is 1. The average Bonchev–Trinajstić information content (AvgIpc) is 2.78. The SMILES string of the molecule is Nc1cccc(C(=O)NCc2nccs2)c1. The van der Waals surface area contributed by atoms with Crippen LogP contribution in [0.25, 0.3) is 0 Å². The number of carbonyl (C=O) groups excluding carboxylic acids is 1. The maximum atomic E-state index is 11.7. The normalized spacial score (nSPS) is 10.0. The van der Waals surface area contributed by atoms with Gasteiger partial charge in [-0.3, -0.25) is 4.79 Å². The van der Waals surface area contributed by atoms with E-state index < -0.39 is 0 Å². The van der Waals surface area contributed by atoms with E-state index in [1.165, 1.54) is 11.3 Å². The number of nitrogens with zero attached hydrogens (tertiary/aromatic N) is 1. The van der Waals surface area contributed by atoms with Gasteiger partial charge in [-0.25, -0.2) is 4.98 Å². The third-order valence-corrected chi connectivity index (χ3v) is 2.81. The first-order chi connectivity index (χ1) is 7.75. The molecule has 1 amide bonds. The molecule has 3 N–H and O–H groups in total. The maximum Gasteiger partial charge on any atom is 0.251 e. The number of hydrogen-bond donors (Lipinski definition) is 2. The van der Waals surface area contributed by atoms with Crippen LogP contribution in [-0.2, 0) is 6.54 Å². The molecule has 0 atom stereocenters. The van der Waals surface area contributed by atoms with Crippen LogP contribution in [-0.4, -0.2) is 10.9 Å². The molecule has 2 aromatic rings. The Balaban J connectivity index is 1.98. The molecule has 2 rings (SSSR count). The molecule has 0 radical (unpaired) electrons. The van der Waals surface area contributed by atoms with E-state index in [2.05, 4.69) is 10.3 Å². The van der Waals surface area contributed by atoms with Gasteiger partial charge < -0.3 is 11.1 Å². The van der Waals surface area contributed by atoms with Crippen molar-refractivity contribution in [1.82, 2.24) is 10.3 Å². The number of nitrogen functional groups attached to an aromatic ring is 1. The van der Waals surface area contributed by atoms with Crippen LogP contribution in [0.4, 0.5) is 5.69 Å². The summed E-state index contributed by atoms with van der Waals surface area (Å²) in [6.07, 6.45) is 1.71.